The maximum absolute atomic E-state index is 9.72. The number of hydrogen-bond donors (Lipinski definition) is 0. The van der Waals surface area contributed by atoms with E-state index in [9.17, 15) is 12.3 Å². The summed E-state index contributed by atoms with van der Waals surface area (Å²) in [6, 6.07) is -26.3. The fourth-order valence-corrected chi connectivity index (χ4v) is 5.16. The molecule has 1 aromatic heterocycles. The van der Waals surface area contributed by atoms with Crippen LogP contribution in [0.2, 0.25) is 0 Å². The molecular weight excluding hydrogens is 544 g/mol. The van der Waals surface area contributed by atoms with Gasteiger partial charge in [-0.25, -0.2) is 0 Å². The van der Waals surface area contributed by atoms with Gasteiger partial charge in [-0.15, -0.1) is 0 Å². The van der Waals surface area contributed by atoms with E-state index in [1.54, 1.807) is 0 Å². The summed E-state index contributed by atoms with van der Waals surface area (Å²) in [6.45, 7) is 0. The van der Waals surface area contributed by atoms with Gasteiger partial charge in [0.1, 0.15) is 11.2 Å². The normalized spacial score (nSPS) is 20.3. The number of fused-ring (bicyclic) bond motifs is 5. The minimum absolute atomic E-state index is 0.513. The third kappa shape index (κ3) is 4.17. The summed E-state index contributed by atoms with van der Waals surface area (Å²) in [6.07, 6.45) is 0. The lowest BCUT2D eigenvalue weighted by Gasteiger charge is -2.18. The molecule has 0 bridgehead atoms. The Balaban J connectivity index is 1.54. The molecule has 1 nitrogen and oxygen atoms in total. The van der Waals surface area contributed by atoms with Crippen molar-refractivity contribution in [3.05, 3.63) is 169 Å². The summed E-state index contributed by atoms with van der Waals surface area (Å²) in [4.78, 5) is 0. The van der Waals surface area contributed by atoms with Crippen molar-refractivity contribution in [2.45, 2.75) is 0 Å². The van der Waals surface area contributed by atoms with Crippen molar-refractivity contribution >= 4 is 43.5 Å². The van der Waals surface area contributed by atoms with Gasteiger partial charge in [-0.2, -0.15) is 0 Å². The summed E-state index contributed by atoms with van der Waals surface area (Å²) in [5.74, 6) is 0. The second-order valence-electron chi connectivity index (χ2n) is 9.51. The summed E-state index contributed by atoms with van der Waals surface area (Å²) >= 11 is 0. The first-order valence-electron chi connectivity index (χ1n) is 27.2. The topological polar surface area (TPSA) is 13.1 Å². The monoisotopic (exact) mass is 600 g/mol. The zero-order chi connectivity index (χ0) is 54.1. The van der Waals surface area contributed by atoms with Crippen LogP contribution >= 0.6 is 0 Å². The quantitative estimate of drug-likeness (QED) is 0.183. The average Bonchev–Trinajstić information content (AvgIpc) is 3.77. The highest BCUT2D eigenvalue weighted by molar-refractivity contribution is 6.22. The highest BCUT2D eigenvalue weighted by Gasteiger charge is 2.18. The molecule has 0 aliphatic carbocycles. The molecule has 0 N–H and O–H groups in total. The zero-order valence-electron chi connectivity index (χ0n) is 50.4. The highest BCUT2D eigenvalue weighted by atomic mass is 16.3. The van der Waals surface area contributed by atoms with Crippen molar-refractivity contribution in [3.8, 4) is 44.5 Å². The predicted octanol–water partition coefficient (Wildman–Crippen LogP) is 12.6. The molecule has 0 saturated heterocycles. The molecule has 0 spiro atoms. The first-order valence-corrected chi connectivity index (χ1v) is 13.2. The van der Waals surface area contributed by atoms with E-state index in [1.807, 2.05) is 0 Å². The van der Waals surface area contributed by atoms with Crippen LogP contribution in [0, 0.1) is 0 Å². The van der Waals surface area contributed by atoms with Crippen LogP contribution in [0.3, 0.4) is 0 Å². The first kappa shape index (κ1) is 10.1. The Hall–Kier alpha value is -5.92. The van der Waals surface area contributed by atoms with Gasteiger partial charge in [-0.1, -0.05) is 157 Å². The molecule has 0 fully saturated rings. The van der Waals surface area contributed by atoms with E-state index >= 15 is 0 Å². The van der Waals surface area contributed by atoms with E-state index in [1.165, 1.54) is 0 Å². The molecule has 1 heteroatoms. The van der Waals surface area contributed by atoms with Gasteiger partial charge in [0.15, 0.2) is 0 Å². The molecule has 210 valence electrons. The Bertz CT molecular complexity index is 3950. The van der Waals surface area contributed by atoms with Crippen LogP contribution in [0.5, 0.6) is 0 Å². The second-order valence-corrected chi connectivity index (χ2v) is 9.51. The van der Waals surface area contributed by atoms with Crippen LogP contribution in [0.4, 0.5) is 0 Å². The molecule has 0 aliphatic rings. The van der Waals surface area contributed by atoms with E-state index in [0.29, 0.717) is 0 Å². The van der Waals surface area contributed by atoms with E-state index in [-0.39, 0.29) is 0 Å². The number of furan rings is 1. The van der Waals surface area contributed by atoms with Crippen LogP contribution in [-0.2, 0) is 0 Å². The van der Waals surface area contributed by atoms with E-state index < -0.39 is 257 Å². The Morgan fingerprint density at radius 3 is 1.42 bits per heavy atom. The van der Waals surface area contributed by atoms with Crippen molar-refractivity contribution in [2.24, 2.45) is 0 Å². The van der Waals surface area contributed by atoms with Crippen molar-refractivity contribution in [2.75, 3.05) is 0 Å². The third-order valence-electron chi connectivity index (χ3n) is 7.06. The Kier molecular flexibility index (Phi) is 2.32. The molecule has 0 atom stereocenters. The Labute approximate surface area is 301 Å². The van der Waals surface area contributed by atoms with Gasteiger partial charge >= 0.3 is 0 Å². The van der Waals surface area contributed by atoms with Gasteiger partial charge in [0.25, 0.3) is 0 Å². The predicted molar refractivity (Wildman–Crippen MR) is 190 cm³/mol. The molecule has 0 unspecified atom stereocenters. The average molecular weight is 601 g/mol. The maximum atomic E-state index is 9.72. The van der Waals surface area contributed by atoms with Crippen molar-refractivity contribution in [1.29, 1.82) is 0 Å². The fourth-order valence-electron chi connectivity index (χ4n) is 5.16. The second kappa shape index (κ2) is 10.4. The maximum Gasteiger partial charge on any atom is 0.143 e. The van der Waals surface area contributed by atoms with E-state index in [2.05, 4.69) is 0 Å². The number of benzene rings is 8. The Morgan fingerprint density at radius 2 is 0.800 bits per heavy atom. The number of para-hydroxylation sites is 1. The van der Waals surface area contributed by atoms with Gasteiger partial charge in [-0.3, -0.25) is 0 Å². The molecule has 1 heterocycles. The third-order valence-corrected chi connectivity index (χ3v) is 7.06. The molecular formula is C44H28O. The van der Waals surface area contributed by atoms with Crippen molar-refractivity contribution < 1.29 is 42.8 Å². The largest absolute Gasteiger partial charge is 0.455 e. The van der Waals surface area contributed by atoms with Crippen LogP contribution in [0.25, 0.3) is 88.0 Å². The smallest absolute Gasteiger partial charge is 0.143 e. The fraction of sp³-hybridized carbons (Fsp3) is 0. The van der Waals surface area contributed by atoms with Crippen LogP contribution in [-0.4, -0.2) is 0 Å². The standard InChI is InChI=1S/C44H28O/c1-3-12-29(13-4-1)30-22-24-32(25-23-30)42-36-16-7-9-18-38(36)43(39-19-10-8-17-37(39)42)33-26-27-35-40-21-11-20-34(31-14-5-2-6-15-31)44(40)45-41(35)28-33/h1-28H/i1D,2D,3D,4D,5D,6D,7D,8D,9D,10D,11D,12D,13D,14D,15D,16D,17D,18D,19D,20D,21D,22D,23D,24D,25D,26D,27D,28D. The zero-order valence-corrected chi connectivity index (χ0v) is 22.4. The summed E-state index contributed by atoms with van der Waals surface area (Å²) < 4.78 is 255. The molecule has 0 amide bonds. The lowest BCUT2D eigenvalue weighted by atomic mass is 9.85. The first-order chi connectivity index (χ1) is 34.0. The highest BCUT2D eigenvalue weighted by Crippen LogP contribution is 2.45. The van der Waals surface area contributed by atoms with Gasteiger partial charge in [-0.05, 0) is 72.6 Å². The molecule has 45 heavy (non-hydrogen) atoms. The van der Waals surface area contributed by atoms with Crippen LogP contribution in [0.1, 0.15) is 38.4 Å². The van der Waals surface area contributed by atoms with Crippen molar-refractivity contribution in [3.63, 3.8) is 0 Å². The number of rotatable bonds is 4. The number of hydrogen-bond acceptors (Lipinski definition) is 1. The van der Waals surface area contributed by atoms with Crippen LogP contribution < -0.4 is 0 Å². The molecule has 0 saturated carbocycles. The van der Waals surface area contributed by atoms with E-state index in [0.717, 1.165) is 0 Å². The van der Waals surface area contributed by atoms with Crippen molar-refractivity contribution in [1.82, 2.24) is 0 Å². The molecule has 9 aromatic rings. The lowest BCUT2D eigenvalue weighted by Crippen LogP contribution is -1.91. The molecule has 0 radical (unpaired) electrons. The van der Waals surface area contributed by atoms with Gasteiger partial charge in [0.05, 0.1) is 38.4 Å². The SMILES string of the molecule is [2H]c1c([2H])c([2H])c(-c2c([2H])c([2H])c(-c3c4c([2H])c([2H])c([2H])c([2H])c4c(-c4c([2H])c([2H])c5c(oc6c(-c7c([2H])c([2H])c([2H])c([2H])c7[2H])c([2H])c([2H])c([2H])c65)c4[2H])c4c([2H])c([2H])c([2H])c([2H])c34)c([2H])c2[2H])c([2H])c1[2H]. The Morgan fingerprint density at radius 1 is 0.333 bits per heavy atom. The lowest BCUT2D eigenvalue weighted by molar-refractivity contribution is 0.670. The van der Waals surface area contributed by atoms with Gasteiger partial charge < -0.3 is 4.42 Å². The minimum Gasteiger partial charge on any atom is -0.455 e. The summed E-state index contributed by atoms with van der Waals surface area (Å²) in [5.41, 5.74) is -7.32. The minimum atomic E-state index is -1.07. The van der Waals surface area contributed by atoms with E-state index in [4.69, 9.17) is 30.5 Å². The van der Waals surface area contributed by atoms with Gasteiger partial charge in [0.2, 0.25) is 0 Å². The van der Waals surface area contributed by atoms with Gasteiger partial charge in [0, 0.05) is 16.3 Å². The summed E-state index contributed by atoms with van der Waals surface area (Å²) in [7, 11) is 0. The molecule has 9 rings (SSSR count). The molecule has 0 aliphatic heterocycles. The van der Waals surface area contributed by atoms with Crippen LogP contribution in [0.15, 0.2) is 174 Å². The molecule has 8 aromatic carbocycles. The summed E-state index contributed by atoms with van der Waals surface area (Å²) in [5, 5.41) is -4.05.